The average Bonchev–Trinajstić information content (AvgIpc) is 2.17. The molecule has 13 heavy (non-hydrogen) atoms. The highest BCUT2D eigenvalue weighted by molar-refractivity contribution is 6.09. The molecule has 62 valence electrons. The van der Waals surface area contributed by atoms with E-state index >= 15 is 0 Å². The van der Waals surface area contributed by atoms with Gasteiger partial charge in [-0.05, 0) is 18.6 Å². The van der Waals surface area contributed by atoms with Crippen molar-refractivity contribution in [3.05, 3.63) is 41.6 Å². The van der Waals surface area contributed by atoms with Crippen LogP contribution in [0.2, 0.25) is 0 Å². The Balaban J connectivity index is 2.79. The average molecular weight is 183 g/mol. The lowest BCUT2D eigenvalue weighted by atomic mass is 10.1. The van der Waals surface area contributed by atoms with Gasteiger partial charge in [0, 0.05) is 11.1 Å². The zero-order valence-corrected chi connectivity index (χ0v) is 8.77. The van der Waals surface area contributed by atoms with Crippen LogP contribution in [0.1, 0.15) is 11.3 Å². The fourth-order valence-corrected chi connectivity index (χ4v) is 1.80. The smallest absolute Gasteiger partial charge is 0.126 e. The summed E-state index contributed by atoms with van der Waals surface area (Å²) in [5.41, 5.74) is 3.52. The maximum atomic E-state index is 4.53. The topological polar surface area (TPSA) is 12.9 Å². The van der Waals surface area contributed by atoms with Crippen molar-refractivity contribution in [2.75, 3.05) is 0 Å². The van der Waals surface area contributed by atoms with Crippen molar-refractivity contribution >= 4 is 27.2 Å². The molecule has 1 heterocycles. The summed E-state index contributed by atoms with van der Waals surface area (Å²) in [6.07, 6.45) is 0. The number of fused-ring (bicyclic) bond motifs is 1. The lowest BCUT2D eigenvalue weighted by Gasteiger charge is -2.03. The third kappa shape index (κ3) is 1.61. The second-order valence-electron chi connectivity index (χ2n) is 3.15. The summed E-state index contributed by atoms with van der Waals surface area (Å²) in [4.78, 5) is 4.53. The second kappa shape index (κ2) is 3.49. The molecule has 2 rings (SSSR count). The first-order valence-corrected chi connectivity index (χ1v) is 5.18. The molecule has 2 radical (unpaired) electrons. The van der Waals surface area contributed by atoms with Gasteiger partial charge in [0.25, 0.3) is 0 Å². The first kappa shape index (κ1) is 8.75. The Morgan fingerprint density at radius 1 is 1.23 bits per heavy atom. The summed E-state index contributed by atoms with van der Waals surface area (Å²) < 4.78 is 0. The summed E-state index contributed by atoms with van der Waals surface area (Å²) in [6, 6.07) is 10.5. The molecule has 0 amide bonds. The molecule has 1 nitrogen and oxygen atoms in total. The third-order valence-corrected chi connectivity index (χ3v) is 2.60. The number of rotatable bonds is 1. The summed E-state index contributed by atoms with van der Waals surface area (Å²) in [7, 11) is 0. The fourth-order valence-electron chi connectivity index (χ4n) is 1.47. The van der Waals surface area contributed by atoms with Crippen LogP contribution in [0.3, 0.4) is 0 Å². The van der Waals surface area contributed by atoms with Gasteiger partial charge in [0.05, 0.1) is 5.52 Å². The molecule has 0 spiro atoms. The number of aromatic nitrogens is 1. The monoisotopic (exact) mass is 183 g/mol. The third-order valence-electron chi connectivity index (χ3n) is 2.16. The maximum Gasteiger partial charge on any atom is 0.126 e. The van der Waals surface area contributed by atoms with E-state index in [1.54, 1.807) is 0 Å². The van der Waals surface area contributed by atoms with Crippen molar-refractivity contribution in [3.63, 3.8) is 0 Å². The molecule has 0 aliphatic heterocycles. The van der Waals surface area contributed by atoms with Crippen molar-refractivity contribution < 1.29 is 0 Å². The highest BCUT2D eigenvalue weighted by Gasteiger charge is 1.99. The van der Waals surface area contributed by atoms with Crippen molar-refractivity contribution in [1.29, 1.82) is 0 Å². The quantitative estimate of drug-likeness (QED) is 0.618. The molecule has 0 fully saturated rings. The van der Waals surface area contributed by atoms with Crippen molar-refractivity contribution in [3.8, 4) is 0 Å². The van der Waals surface area contributed by atoms with Crippen LogP contribution in [0, 0.1) is 6.92 Å². The molecular formula is C11H10AlN. The Hall–Kier alpha value is -0.838. The van der Waals surface area contributed by atoms with Gasteiger partial charge in [-0.2, -0.15) is 0 Å². The molecule has 0 atom stereocenters. The van der Waals surface area contributed by atoms with Gasteiger partial charge >= 0.3 is 0 Å². The summed E-state index contributed by atoms with van der Waals surface area (Å²) >= 11 is 2.74. The minimum absolute atomic E-state index is 0.966. The van der Waals surface area contributed by atoms with E-state index in [0.29, 0.717) is 0 Å². The fraction of sp³-hybridized carbons (Fsp3) is 0.182. The molecule has 0 aliphatic carbocycles. The van der Waals surface area contributed by atoms with Crippen LogP contribution in [0.5, 0.6) is 0 Å². The maximum absolute atomic E-state index is 4.53. The molecule has 0 aliphatic rings. The SMILES string of the molecule is Cc1ccc2cccc([CH2][Al])c2n1. The lowest BCUT2D eigenvalue weighted by Crippen LogP contribution is -1.90. The highest BCUT2D eigenvalue weighted by Crippen LogP contribution is 2.16. The van der Waals surface area contributed by atoms with E-state index in [-0.39, 0.29) is 0 Å². The van der Waals surface area contributed by atoms with E-state index < -0.39 is 0 Å². The first-order chi connectivity index (χ1) is 6.31. The molecule has 1 aromatic heterocycles. The van der Waals surface area contributed by atoms with Crippen LogP contribution in [0.25, 0.3) is 10.9 Å². The van der Waals surface area contributed by atoms with Gasteiger partial charge in [-0.3, -0.25) is 4.98 Å². The minimum atomic E-state index is 0.966. The molecular weight excluding hydrogens is 173 g/mol. The molecule has 0 unspecified atom stereocenters. The van der Waals surface area contributed by atoms with Crippen LogP contribution in [0.4, 0.5) is 0 Å². The number of hydrogen-bond acceptors (Lipinski definition) is 1. The Morgan fingerprint density at radius 2 is 2.08 bits per heavy atom. The van der Waals surface area contributed by atoms with Crippen molar-refractivity contribution in [2.24, 2.45) is 0 Å². The summed E-state index contributed by atoms with van der Waals surface area (Å²) in [5.74, 6) is 0. The Morgan fingerprint density at radius 3 is 2.85 bits per heavy atom. The van der Waals surface area contributed by atoms with Gasteiger partial charge in [0.15, 0.2) is 0 Å². The van der Waals surface area contributed by atoms with Gasteiger partial charge in [0.2, 0.25) is 0 Å². The van der Waals surface area contributed by atoms with Crippen LogP contribution in [0.15, 0.2) is 30.3 Å². The second-order valence-corrected chi connectivity index (χ2v) is 3.55. The highest BCUT2D eigenvalue weighted by atomic mass is 27.0. The number of para-hydroxylation sites is 1. The van der Waals surface area contributed by atoms with Crippen molar-refractivity contribution in [1.82, 2.24) is 4.98 Å². The van der Waals surface area contributed by atoms with Crippen LogP contribution in [-0.4, -0.2) is 21.3 Å². The Bertz CT molecular complexity index is 437. The van der Waals surface area contributed by atoms with E-state index in [4.69, 9.17) is 0 Å². The summed E-state index contributed by atoms with van der Waals surface area (Å²) in [6.45, 7) is 2.03. The summed E-state index contributed by atoms with van der Waals surface area (Å²) in [5, 5.41) is 2.19. The molecule has 0 bridgehead atoms. The molecule has 1 aromatic carbocycles. The molecule has 0 saturated heterocycles. The van der Waals surface area contributed by atoms with E-state index in [1.807, 2.05) is 6.92 Å². The number of nitrogens with zero attached hydrogens (tertiary/aromatic N) is 1. The van der Waals surface area contributed by atoms with Gasteiger partial charge in [-0.25, -0.2) is 0 Å². The van der Waals surface area contributed by atoms with Gasteiger partial charge in [-0.1, -0.05) is 29.5 Å². The van der Waals surface area contributed by atoms with E-state index in [2.05, 4.69) is 51.6 Å². The first-order valence-electron chi connectivity index (χ1n) is 4.36. The molecule has 0 N–H and O–H groups in total. The Labute approximate surface area is 86.2 Å². The normalized spacial score (nSPS) is 10.5. The number of pyridine rings is 1. The molecule has 2 heteroatoms. The van der Waals surface area contributed by atoms with E-state index in [1.165, 1.54) is 10.9 Å². The zero-order valence-electron chi connectivity index (χ0n) is 7.62. The minimum Gasteiger partial charge on any atom is -0.253 e. The van der Waals surface area contributed by atoms with Crippen LogP contribution < -0.4 is 0 Å². The standard InChI is InChI=1S/C11H10N.Al/c1-8-4-3-5-10-7-6-9(2)12-11(8)10;/h3-7H,1H2,2H3;. The van der Waals surface area contributed by atoms with E-state index in [9.17, 15) is 0 Å². The van der Waals surface area contributed by atoms with Crippen LogP contribution >= 0.6 is 0 Å². The number of aryl methyl sites for hydroxylation is 1. The van der Waals surface area contributed by atoms with E-state index in [0.717, 1.165) is 16.5 Å². The predicted octanol–water partition coefficient (Wildman–Crippen LogP) is 2.21. The molecule has 0 saturated carbocycles. The Kier molecular flexibility index (Phi) is 2.35. The van der Waals surface area contributed by atoms with Gasteiger partial charge in [0.1, 0.15) is 16.3 Å². The molecule has 2 aromatic rings. The predicted molar refractivity (Wildman–Crippen MR) is 55.9 cm³/mol. The lowest BCUT2D eigenvalue weighted by molar-refractivity contribution is 1.23. The largest absolute Gasteiger partial charge is 0.253 e. The number of benzene rings is 1. The van der Waals surface area contributed by atoms with Crippen LogP contribution in [-0.2, 0) is 5.28 Å². The van der Waals surface area contributed by atoms with Gasteiger partial charge < -0.3 is 0 Å². The van der Waals surface area contributed by atoms with Gasteiger partial charge in [-0.15, -0.1) is 0 Å². The zero-order chi connectivity index (χ0) is 9.26. The number of hydrogen-bond donors (Lipinski definition) is 0. The van der Waals surface area contributed by atoms with Crippen molar-refractivity contribution in [2.45, 2.75) is 12.2 Å².